The van der Waals surface area contributed by atoms with E-state index in [0.29, 0.717) is 30.0 Å². The molecule has 4 rings (SSSR count). The Balaban J connectivity index is 1.56. The van der Waals surface area contributed by atoms with Crippen molar-refractivity contribution in [2.45, 2.75) is 0 Å². The smallest absolute Gasteiger partial charge is 0.246 e. The number of benzene rings is 2. The van der Waals surface area contributed by atoms with Gasteiger partial charge in [0, 0.05) is 16.3 Å². The van der Waals surface area contributed by atoms with Gasteiger partial charge in [0.25, 0.3) is 0 Å². The number of aromatic amines is 1. The molecule has 0 unspecified atom stereocenters. The van der Waals surface area contributed by atoms with E-state index in [-0.39, 0.29) is 0 Å². The molecule has 1 aliphatic rings. The fraction of sp³-hybridized carbons (Fsp3) is 0.125. The molecule has 7 heteroatoms. The highest BCUT2D eigenvalue weighted by Crippen LogP contribution is 2.33. The summed E-state index contributed by atoms with van der Waals surface area (Å²) in [5.41, 5.74) is 1.74. The van der Waals surface area contributed by atoms with E-state index < -0.39 is 0 Å². The number of fused-ring (bicyclic) bond motifs is 1. The molecule has 0 amide bonds. The number of anilines is 2. The van der Waals surface area contributed by atoms with Gasteiger partial charge in [-0.1, -0.05) is 11.6 Å². The molecule has 116 valence electrons. The fourth-order valence-electron chi connectivity index (χ4n) is 2.30. The number of rotatable bonds is 3. The Labute approximate surface area is 137 Å². The van der Waals surface area contributed by atoms with Crippen LogP contribution in [0, 0.1) is 0 Å². The minimum absolute atomic E-state index is 0.484. The van der Waals surface area contributed by atoms with Crippen LogP contribution in [-0.2, 0) is 0 Å². The number of aromatic nitrogens is 3. The minimum Gasteiger partial charge on any atom is -0.486 e. The summed E-state index contributed by atoms with van der Waals surface area (Å²) in [5, 5.41) is 10.9. The second-order valence-electron chi connectivity index (χ2n) is 5.00. The molecular formula is C16H13ClN4O2. The number of hydrogen-bond donors (Lipinski definition) is 2. The molecule has 0 aliphatic carbocycles. The van der Waals surface area contributed by atoms with Crippen LogP contribution in [-0.4, -0.2) is 28.4 Å². The molecule has 0 fully saturated rings. The Kier molecular flexibility index (Phi) is 3.51. The molecule has 0 bridgehead atoms. The number of ether oxygens (including phenoxy) is 2. The van der Waals surface area contributed by atoms with E-state index >= 15 is 0 Å². The van der Waals surface area contributed by atoms with Gasteiger partial charge in [-0.2, -0.15) is 4.98 Å². The zero-order valence-electron chi connectivity index (χ0n) is 12.0. The maximum atomic E-state index is 5.87. The SMILES string of the molecule is Clc1ccc(Nc2n[nH]c(-c3ccc4c(c3)OCCO4)n2)cc1. The highest BCUT2D eigenvalue weighted by atomic mass is 35.5. The topological polar surface area (TPSA) is 72.1 Å². The summed E-state index contributed by atoms with van der Waals surface area (Å²) in [6, 6.07) is 13.0. The summed E-state index contributed by atoms with van der Waals surface area (Å²) in [4.78, 5) is 4.44. The first kappa shape index (κ1) is 13.9. The van der Waals surface area contributed by atoms with Crippen LogP contribution in [0.25, 0.3) is 11.4 Å². The molecule has 0 atom stereocenters. The molecule has 23 heavy (non-hydrogen) atoms. The standard InChI is InChI=1S/C16H13ClN4O2/c17-11-2-4-12(5-3-11)18-16-19-15(20-21-16)10-1-6-13-14(9-10)23-8-7-22-13/h1-6,9H,7-8H2,(H2,18,19,20,21). The van der Waals surface area contributed by atoms with Crippen LogP contribution in [0.2, 0.25) is 5.02 Å². The van der Waals surface area contributed by atoms with Gasteiger partial charge >= 0.3 is 0 Å². The molecular weight excluding hydrogens is 316 g/mol. The number of nitrogens with one attached hydrogen (secondary N) is 2. The summed E-state index contributed by atoms with van der Waals surface area (Å²) in [6.45, 7) is 1.13. The largest absolute Gasteiger partial charge is 0.486 e. The summed E-state index contributed by atoms with van der Waals surface area (Å²) < 4.78 is 11.1. The van der Waals surface area contributed by atoms with Crippen LogP contribution < -0.4 is 14.8 Å². The molecule has 0 spiro atoms. The lowest BCUT2D eigenvalue weighted by Crippen LogP contribution is -2.15. The van der Waals surface area contributed by atoms with Crippen molar-refractivity contribution in [2.75, 3.05) is 18.5 Å². The van der Waals surface area contributed by atoms with Gasteiger partial charge in [0.15, 0.2) is 17.3 Å². The number of nitrogens with zero attached hydrogens (tertiary/aromatic N) is 2. The quantitative estimate of drug-likeness (QED) is 0.768. The second-order valence-corrected chi connectivity index (χ2v) is 5.43. The van der Waals surface area contributed by atoms with Gasteiger partial charge in [-0.3, -0.25) is 5.10 Å². The normalized spacial score (nSPS) is 12.9. The average molecular weight is 329 g/mol. The molecule has 2 heterocycles. The van der Waals surface area contributed by atoms with Crippen molar-refractivity contribution >= 4 is 23.2 Å². The van der Waals surface area contributed by atoms with E-state index in [9.17, 15) is 0 Å². The minimum atomic E-state index is 0.484. The van der Waals surface area contributed by atoms with Crippen LogP contribution in [0.15, 0.2) is 42.5 Å². The van der Waals surface area contributed by atoms with Gasteiger partial charge in [0.1, 0.15) is 13.2 Å². The van der Waals surface area contributed by atoms with E-state index in [1.165, 1.54) is 0 Å². The van der Waals surface area contributed by atoms with E-state index in [1.54, 1.807) is 12.1 Å². The Hall–Kier alpha value is -2.73. The molecule has 1 aromatic heterocycles. The first-order chi connectivity index (χ1) is 11.3. The summed E-state index contributed by atoms with van der Waals surface area (Å²) in [6.07, 6.45) is 0. The van der Waals surface area contributed by atoms with Gasteiger partial charge < -0.3 is 14.8 Å². The second kappa shape index (κ2) is 5.81. The molecule has 6 nitrogen and oxygen atoms in total. The van der Waals surface area contributed by atoms with Crippen molar-refractivity contribution in [1.82, 2.24) is 15.2 Å². The Morgan fingerprint density at radius 2 is 1.78 bits per heavy atom. The summed E-state index contributed by atoms with van der Waals surface area (Å²) >= 11 is 5.87. The third kappa shape index (κ3) is 2.93. The molecule has 2 aromatic carbocycles. The zero-order chi connectivity index (χ0) is 15.6. The molecule has 0 saturated heterocycles. The summed E-state index contributed by atoms with van der Waals surface area (Å²) in [5.74, 6) is 2.60. The molecule has 1 aliphatic heterocycles. The van der Waals surface area contributed by atoms with Crippen LogP contribution in [0.4, 0.5) is 11.6 Å². The van der Waals surface area contributed by atoms with Crippen molar-refractivity contribution in [1.29, 1.82) is 0 Å². The van der Waals surface area contributed by atoms with Gasteiger partial charge in [0.2, 0.25) is 5.95 Å². The third-order valence-electron chi connectivity index (χ3n) is 3.40. The third-order valence-corrected chi connectivity index (χ3v) is 3.65. The highest BCUT2D eigenvalue weighted by molar-refractivity contribution is 6.30. The van der Waals surface area contributed by atoms with Crippen molar-refractivity contribution in [3.63, 3.8) is 0 Å². The maximum absolute atomic E-state index is 5.87. The lowest BCUT2D eigenvalue weighted by Gasteiger charge is -2.18. The average Bonchev–Trinajstić information content (AvgIpc) is 3.05. The number of H-pyrrole nitrogens is 1. The van der Waals surface area contributed by atoms with Crippen LogP contribution >= 0.6 is 11.6 Å². The van der Waals surface area contributed by atoms with Crippen molar-refractivity contribution in [3.8, 4) is 22.9 Å². The van der Waals surface area contributed by atoms with E-state index in [1.807, 2.05) is 30.3 Å². The fourth-order valence-corrected chi connectivity index (χ4v) is 2.43. The monoisotopic (exact) mass is 328 g/mol. The van der Waals surface area contributed by atoms with Crippen LogP contribution in [0.5, 0.6) is 11.5 Å². The molecule has 3 aromatic rings. The number of halogens is 1. The van der Waals surface area contributed by atoms with E-state index in [4.69, 9.17) is 21.1 Å². The lowest BCUT2D eigenvalue weighted by molar-refractivity contribution is 0.171. The van der Waals surface area contributed by atoms with E-state index in [0.717, 1.165) is 22.7 Å². The highest BCUT2D eigenvalue weighted by Gasteiger charge is 2.14. The van der Waals surface area contributed by atoms with Crippen molar-refractivity contribution in [3.05, 3.63) is 47.5 Å². The Morgan fingerprint density at radius 3 is 2.61 bits per heavy atom. The van der Waals surface area contributed by atoms with Crippen LogP contribution in [0.3, 0.4) is 0 Å². The molecule has 2 N–H and O–H groups in total. The van der Waals surface area contributed by atoms with Gasteiger partial charge in [-0.15, -0.1) is 5.10 Å². The Bertz CT molecular complexity index is 832. The summed E-state index contributed by atoms with van der Waals surface area (Å²) in [7, 11) is 0. The van der Waals surface area contributed by atoms with Crippen molar-refractivity contribution in [2.24, 2.45) is 0 Å². The van der Waals surface area contributed by atoms with E-state index in [2.05, 4.69) is 20.5 Å². The zero-order valence-corrected chi connectivity index (χ0v) is 12.8. The van der Waals surface area contributed by atoms with Gasteiger partial charge in [-0.05, 0) is 42.5 Å². The first-order valence-corrected chi connectivity index (χ1v) is 7.51. The Morgan fingerprint density at radius 1 is 1.00 bits per heavy atom. The van der Waals surface area contributed by atoms with Crippen molar-refractivity contribution < 1.29 is 9.47 Å². The molecule has 0 radical (unpaired) electrons. The maximum Gasteiger partial charge on any atom is 0.246 e. The van der Waals surface area contributed by atoms with Gasteiger partial charge in [-0.25, -0.2) is 0 Å². The number of hydrogen-bond acceptors (Lipinski definition) is 5. The predicted octanol–water partition coefficient (Wildman–Crippen LogP) is 3.64. The first-order valence-electron chi connectivity index (χ1n) is 7.13. The van der Waals surface area contributed by atoms with Crippen LogP contribution in [0.1, 0.15) is 0 Å². The predicted molar refractivity (Wildman–Crippen MR) is 87.5 cm³/mol. The molecule has 0 saturated carbocycles. The van der Waals surface area contributed by atoms with Gasteiger partial charge in [0.05, 0.1) is 0 Å². The lowest BCUT2D eigenvalue weighted by atomic mass is 10.2.